The van der Waals surface area contributed by atoms with E-state index in [-0.39, 0.29) is 6.10 Å². The van der Waals surface area contributed by atoms with Gasteiger partial charge in [0.25, 0.3) is 0 Å². The van der Waals surface area contributed by atoms with E-state index in [1.165, 1.54) is 5.56 Å². The predicted molar refractivity (Wildman–Crippen MR) is 79.5 cm³/mol. The van der Waals surface area contributed by atoms with Gasteiger partial charge in [-0.3, -0.25) is 0 Å². The van der Waals surface area contributed by atoms with Crippen LogP contribution in [-0.2, 0) is 4.74 Å². The van der Waals surface area contributed by atoms with Crippen LogP contribution >= 0.6 is 0 Å². The number of ether oxygens (including phenoxy) is 1. The van der Waals surface area contributed by atoms with Crippen LogP contribution in [0.1, 0.15) is 36.6 Å². The van der Waals surface area contributed by atoms with Crippen LogP contribution in [0.4, 0.5) is 0 Å². The van der Waals surface area contributed by atoms with Gasteiger partial charge in [-0.1, -0.05) is 23.8 Å². The van der Waals surface area contributed by atoms with Crippen molar-refractivity contribution in [3.63, 3.8) is 0 Å². The summed E-state index contributed by atoms with van der Waals surface area (Å²) in [5.74, 6) is 0. The molecule has 1 rings (SSSR count). The highest BCUT2D eigenvalue weighted by atomic mass is 16.5. The highest BCUT2D eigenvalue weighted by molar-refractivity contribution is 5.32. The Kier molecular flexibility index (Phi) is 6.49. The van der Waals surface area contributed by atoms with Gasteiger partial charge >= 0.3 is 0 Å². The van der Waals surface area contributed by atoms with Crippen LogP contribution in [0.3, 0.4) is 0 Å². The molecule has 0 aliphatic heterocycles. The van der Waals surface area contributed by atoms with Gasteiger partial charge in [-0.05, 0) is 45.9 Å². The molecule has 1 atom stereocenters. The van der Waals surface area contributed by atoms with Crippen LogP contribution in [0, 0.1) is 13.8 Å². The van der Waals surface area contributed by atoms with Crippen LogP contribution in [0.15, 0.2) is 18.2 Å². The Morgan fingerprint density at radius 2 is 1.95 bits per heavy atom. The molecule has 0 aromatic heterocycles. The molecule has 0 fully saturated rings. The molecule has 0 amide bonds. The highest BCUT2D eigenvalue weighted by Crippen LogP contribution is 2.19. The fraction of sp³-hybridized carbons (Fsp3) is 0.625. The van der Waals surface area contributed by atoms with Crippen LogP contribution in [-0.4, -0.2) is 42.9 Å². The third-order valence-corrected chi connectivity index (χ3v) is 3.20. The van der Waals surface area contributed by atoms with Gasteiger partial charge in [0, 0.05) is 13.1 Å². The molecule has 1 aromatic carbocycles. The average Bonchev–Trinajstić information content (AvgIpc) is 2.31. The largest absolute Gasteiger partial charge is 0.387 e. The summed E-state index contributed by atoms with van der Waals surface area (Å²) in [4.78, 5) is 2.11. The van der Waals surface area contributed by atoms with Gasteiger partial charge < -0.3 is 14.7 Å². The fourth-order valence-electron chi connectivity index (χ4n) is 2.05. The van der Waals surface area contributed by atoms with Gasteiger partial charge in [-0.2, -0.15) is 0 Å². The van der Waals surface area contributed by atoms with E-state index in [1.807, 2.05) is 27.8 Å². The van der Waals surface area contributed by atoms with E-state index in [9.17, 15) is 5.11 Å². The van der Waals surface area contributed by atoms with Crippen molar-refractivity contribution in [2.75, 3.05) is 26.7 Å². The summed E-state index contributed by atoms with van der Waals surface area (Å²) in [6.07, 6.45) is -0.179. The third kappa shape index (κ3) is 5.72. The Labute approximate surface area is 117 Å². The SMILES string of the molecule is Cc1ccc(C)c(C(O)CN(C)CCOC(C)C)c1. The van der Waals surface area contributed by atoms with Gasteiger partial charge in [0.15, 0.2) is 0 Å². The standard InChI is InChI=1S/C16H27NO2/c1-12(2)19-9-8-17(5)11-16(18)15-10-13(3)6-7-14(15)4/h6-7,10,12,16,18H,8-9,11H2,1-5H3. The summed E-state index contributed by atoms with van der Waals surface area (Å²) in [6.45, 7) is 10.3. The van der Waals surface area contributed by atoms with Gasteiger partial charge in [0.1, 0.15) is 0 Å². The zero-order valence-corrected chi connectivity index (χ0v) is 12.8. The number of aliphatic hydroxyl groups is 1. The summed E-state index contributed by atoms with van der Waals surface area (Å²) in [6, 6.07) is 6.21. The van der Waals surface area contributed by atoms with Crippen LogP contribution in [0.25, 0.3) is 0 Å². The molecule has 1 aromatic rings. The zero-order chi connectivity index (χ0) is 14.4. The first kappa shape index (κ1) is 16.2. The second-order valence-corrected chi connectivity index (χ2v) is 5.56. The van der Waals surface area contributed by atoms with Crippen LogP contribution in [0.2, 0.25) is 0 Å². The Morgan fingerprint density at radius 3 is 2.58 bits per heavy atom. The minimum Gasteiger partial charge on any atom is -0.387 e. The van der Waals surface area contributed by atoms with Crippen molar-refractivity contribution >= 4 is 0 Å². The zero-order valence-electron chi connectivity index (χ0n) is 12.8. The topological polar surface area (TPSA) is 32.7 Å². The van der Waals surface area contributed by atoms with Gasteiger partial charge in [0.2, 0.25) is 0 Å². The monoisotopic (exact) mass is 265 g/mol. The fourth-order valence-corrected chi connectivity index (χ4v) is 2.05. The van der Waals surface area contributed by atoms with Gasteiger partial charge in [-0.25, -0.2) is 0 Å². The van der Waals surface area contributed by atoms with E-state index in [2.05, 4.69) is 30.0 Å². The Balaban J connectivity index is 2.49. The molecule has 0 heterocycles. The quantitative estimate of drug-likeness (QED) is 0.823. The Morgan fingerprint density at radius 1 is 1.26 bits per heavy atom. The molecule has 1 unspecified atom stereocenters. The van der Waals surface area contributed by atoms with Gasteiger partial charge in [-0.15, -0.1) is 0 Å². The van der Waals surface area contributed by atoms with Gasteiger partial charge in [0.05, 0.1) is 18.8 Å². The van der Waals surface area contributed by atoms with Crippen molar-refractivity contribution in [3.8, 4) is 0 Å². The lowest BCUT2D eigenvalue weighted by molar-refractivity contribution is 0.0518. The normalized spacial score (nSPS) is 13.3. The molecule has 0 radical (unpaired) electrons. The van der Waals surface area contributed by atoms with Crippen molar-refractivity contribution in [2.45, 2.75) is 39.9 Å². The molecule has 19 heavy (non-hydrogen) atoms. The van der Waals surface area contributed by atoms with E-state index in [4.69, 9.17) is 4.74 Å². The average molecular weight is 265 g/mol. The third-order valence-electron chi connectivity index (χ3n) is 3.20. The molecule has 3 heteroatoms. The maximum absolute atomic E-state index is 10.3. The predicted octanol–water partition coefficient (Wildman–Crippen LogP) is 2.69. The summed E-state index contributed by atoms with van der Waals surface area (Å²) >= 11 is 0. The van der Waals surface area contributed by atoms with E-state index in [1.54, 1.807) is 0 Å². The molecule has 0 saturated heterocycles. The molecule has 0 spiro atoms. The molecule has 108 valence electrons. The minimum atomic E-state index is -0.441. The lowest BCUT2D eigenvalue weighted by Gasteiger charge is -2.22. The van der Waals surface area contributed by atoms with Crippen LogP contribution < -0.4 is 0 Å². The molecule has 1 N–H and O–H groups in total. The number of hydrogen-bond donors (Lipinski definition) is 1. The van der Waals surface area contributed by atoms with E-state index in [0.717, 1.165) is 17.7 Å². The summed E-state index contributed by atoms with van der Waals surface area (Å²) < 4.78 is 5.52. The molecule has 0 aliphatic carbocycles. The summed E-state index contributed by atoms with van der Waals surface area (Å²) in [5, 5.41) is 10.3. The summed E-state index contributed by atoms with van der Waals surface area (Å²) in [5.41, 5.74) is 3.35. The molecule has 0 saturated carbocycles. The van der Waals surface area contributed by atoms with E-state index < -0.39 is 6.10 Å². The first-order chi connectivity index (χ1) is 8.90. The number of aryl methyl sites for hydroxylation is 2. The molecule has 3 nitrogen and oxygen atoms in total. The minimum absolute atomic E-state index is 0.261. The first-order valence-electron chi connectivity index (χ1n) is 6.95. The molecule has 0 bridgehead atoms. The maximum Gasteiger partial charge on any atom is 0.0919 e. The second kappa shape index (κ2) is 7.63. The molecule has 0 aliphatic rings. The molecular weight excluding hydrogens is 238 g/mol. The van der Waals surface area contributed by atoms with Crippen molar-refractivity contribution in [3.05, 3.63) is 34.9 Å². The second-order valence-electron chi connectivity index (χ2n) is 5.56. The molecular formula is C16H27NO2. The van der Waals surface area contributed by atoms with E-state index >= 15 is 0 Å². The van der Waals surface area contributed by atoms with Crippen molar-refractivity contribution in [1.29, 1.82) is 0 Å². The smallest absolute Gasteiger partial charge is 0.0919 e. The first-order valence-corrected chi connectivity index (χ1v) is 6.95. The van der Waals surface area contributed by atoms with Crippen LogP contribution in [0.5, 0.6) is 0 Å². The number of aliphatic hydroxyl groups excluding tert-OH is 1. The number of benzene rings is 1. The maximum atomic E-state index is 10.3. The number of hydrogen-bond acceptors (Lipinski definition) is 3. The summed E-state index contributed by atoms with van der Waals surface area (Å²) in [7, 11) is 2.01. The highest BCUT2D eigenvalue weighted by Gasteiger charge is 2.13. The number of nitrogens with zero attached hydrogens (tertiary/aromatic N) is 1. The van der Waals surface area contributed by atoms with Crippen molar-refractivity contribution < 1.29 is 9.84 Å². The Hall–Kier alpha value is -0.900. The Bertz CT molecular complexity index is 390. The lowest BCUT2D eigenvalue weighted by atomic mass is 10.0. The number of likely N-dealkylation sites (N-methyl/N-ethyl adjacent to an activating group) is 1. The van der Waals surface area contributed by atoms with Crippen molar-refractivity contribution in [2.24, 2.45) is 0 Å². The van der Waals surface area contributed by atoms with Crippen molar-refractivity contribution in [1.82, 2.24) is 4.90 Å². The lowest BCUT2D eigenvalue weighted by Crippen LogP contribution is -2.29. The van der Waals surface area contributed by atoms with E-state index in [0.29, 0.717) is 13.2 Å². The number of rotatable bonds is 7.